The van der Waals surface area contributed by atoms with Crippen molar-refractivity contribution >= 4 is 5.69 Å². The van der Waals surface area contributed by atoms with Gasteiger partial charge in [-0.25, -0.2) is 4.39 Å². The van der Waals surface area contributed by atoms with Crippen LogP contribution >= 0.6 is 0 Å². The largest absolute Gasteiger partial charge is 0.473 e. The highest BCUT2D eigenvalue weighted by Crippen LogP contribution is 2.34. The summed E-state index contributed by atoms with van der Waals surface area (Å²) >= 11 is 0. The van der Waals surface area contributed by atoms with E-state index in [0.29, 0.717) is 68.0 Å². The van der Waals surface area contributed by atoms with E-state index in [2.05, 4.69) is 4.98 Å². The molecule has 0 amide bonds. The van der Waals surface area contributed by atoms with Crippen LogP contribution in [0.15, 0.2) is 91.0 Å². The zero-order valence-corrected chi connectivity index (χ0v) is 19.4. The van der Waals surface area contributed by atoms with Crippen LogP contribution in [-0.2, 0) is 13.2 Å². The maximum atomic E-state index is 15.2. The summed E-state index contributed by atoms with van der Waals surface area (Å²) in [5, 5.41) is 1.51. The molecule has 6 heteroatoms. The number of ether oxygens (including phenoxy) is 2. The molecule has 1 aliphatic heterocycles. The van der Waals surface area contributed by atoms with Gasteiger partial charge in [-0.05, 0) is 34.9 Å². The average molecular weight is 471 g/mol. The molecule has 5 nitrogen and oxygen atoms in total. The topological polar surface area (TPSA) is 46.6 Å². The van der Waals surface area contributed by atoms with E-state index in [0.717, 1.165) is 11.1 Å². The maximum absolute atomic E-state index is 15.2. The molecule has 5 rings (SSSR count). The Kier molecular flexibility index (Phi) is 6.81. The Balaban J connectivity index is 1.40. The summed E-state index contributed by atoms with van der Waals surface area (Å²) in [6, 6.07) is 28.6. The van der Waals surface area contributed by atoms with E-state index in [1.54, 1.807) is 12.1 Å². The van der Waals surface area contributed by atoms with Crippen molar-refractivity contribution in [2.75, 3.05) is 31.1 Å². The van der Waals surface area contributed by atoms with Gasteiger partial charge in [0, 0.05) is 37.8 Å². The first-order valence-corrected chi connectivity index (χ1v) is 11.8. The first-order chi connectivity index (χ1) is 17.7. The normalized spacial score (nSPS) is 14.4. The van der Waals surface area contributed by atoms with Gasteiger partial charge in [0.1, 0.15) is 20.4 Å². The van der Waals surface area contributed by atoms with Crippen LogP contribution in [0.25, 0.3) is 11.1 Å². The van der Waals surface area contributed by atoms with Crippen molar-refractivity contribution in [3.63, 3.8) is 0 Å². The fraction of sp³-hybridized carbons (Fsp3) is 0.207. The lowest BCUT2D eigenvalue weighted by atomic mass is 10.1. The molecule has 3 aromatic carbocycles. The predicted molar refractivity (Wildman–Crippen MR) is 136 cm³/mol. The zero-order valence-electron chi connectivity index (χ0n) is 20.4. The Morgan fingerprint density at radius 1 is 0.829 bits per heavy atom. The summed E-state index contributed by atoms with van der Waals surface area (Å²) in [6.07, 6.45) is 0. The van der Waals surface area contributed by atoms with Crippen LogP contribution in [0.1, 0.15) is 11.1 Å². The van der Waals surface area contributed by atoms with E-state index < -0.39 is 0 Å². The summed E-state index contributed by atoms with van der Waals surface area (Å²) < 4.78 is 35.0. The van der Waals surface area contributed by atoms with Gasteiger partial charge < -0.3 is 19.7 Å². The highest BCUT2D eigenvalue weighted by molar-refractivity contribution is 5.71. The minimum atomic E-state index is -0.302. The molecule has 0 saturated carbocycles. The van der Waals surface area contributed by atoms with Gasteiger partial charge in [-0.1, -0.05) is 66.7 Å². The van der Waals surface area contributed by atoms with Crippen molar-refractivity contribution < 1.29 is 15.3 Å². The molecule has 0 aliphatic carbocycles. The molecule has 1 saturated heterocycles. The number of anilines is 1. The molecule has 1 aromatic heterocycles. The smallest absolute Gasteiger partial charge is 0.225 e. The molecule has 0 spiro atoms. The van der Waals surface area contributed by atoms with E-state index in [9.17, 15) is 0 Å². The number of hydrogen-bond donors (Lipinski definition) is 1. The molecule has 1 fully saturated rings. The molecular formula is C29H28FN3O2. The van der Waals surface area contributed by atoms with Crippen molar-refractivity contribution in [3.05, 3.63) is 108 Å². The summed E-state index contributed by atoms with van der Waals surface area (Å²) in [6.45, 7) is 3.15. The minimum absolute atomic E-state index is 0.302. The van der Waals surface area contributed by atoms with E-state index in [-0.39, 0.29) is 5.82 Å². The van der Waals surface area contributed by atoms with Gasteiger partial charge in [0.25, 0.3) is 0 Å². The van der Waals surface area contributed by atoms with Crippen molar-refractivity contribution in [1.29, 1.82) is 0 Å². The first-order valence-electron chi connectivity index (χ1n) is 12.2. The van der Waals surface area contributed by atoms with Crippen LogP contribution in [0, 0.1) is 5.82 Å². The summed E-state index contributed by atoms with van der Waals surface area (Å²) in [5.74, 6) is 0.528. The van der Waals surface area contributed by atoms with E-state index in [4.69, 9.17) is 10.9 Å². The third-order valence-electron chi connectivity index (χ3n) is 5.94. The second-order valence-corrected chi connectivity index (χ2v) is 8.37. The van der Waals surface area contributed by atoms with E-state index in [1.807, 2.05) is 77.7 Å². The number of piperazine rings is 1. The van der Waals surface area contributed by atoms with Crippen LogP contribution in [-0.4, -0.2) is 31.2 Å². The molecule has 0 bridgehead atoms. The van der Waals surface area contributed by atoms with Crippen LogP contribution < -0.4 is 19.7 Å². The summed E-state index contributed by atoms with van der Waals surface area (Å²) in [7, 11) is 0. The number of halogens is 1. The van der Waals surface area contributed by atoms with Gasteiger partial charge in [-0.2, -0.15) is 4.98 Å². The van der Waals surface area contributed by atoms with Crippen molar-refractivity contribution in [3.8, 4) is 22.9 Å². The van der Waals surface area contributed by atoms with Crippen molar-refractivity contribution in [1.82, 2.24) is 10.3 Å². The zero-order chi connectivity index (χ0) is 24.7. The average Bonchev–Trinajstić information content (AvgIpc) is 2.92. The number of nitrogens with zero attached hydrogens (tertiary/aromatic N) is 2. The van der Waals surface area contributed by atoms with Crippen LogP contribution in [0.4, 0.5) is 10.1 Å². The number of pyridine rings is 1. The van der Waals surface area contributed by atoms with Gasteiger partial charge in [-0.15, -0.1) is 0 Å². The number of nitrogens with one attached hydrogen (secondary N) is 1. The van der Waals surface area contributed by atoms with Crippen molar-refractivity contribution in [2.24, 2.45) is 0 Å². The monoisotopic (exact) mass is 470 g/mol. The molecule has 0 radical (unpaired) electrons. The molecule has 0 atom stereocenters. The molecule has 35 heavy (non-hydrogen) atoms. The minimum Gasteiger partial charge on any atom is -0.473 e. The Labute approximate surface area is 206 Å². The molecule has 4 aromatic rings. The predicted octanol–water partition coefficient (Wildman–Crippen LogP) is 5.46. The first kappa shape index (κ1) is 21.6. The van der Waals surface area contributed by atoms with Crippen LogP contribution in [0.3, 0.4) is 0 Å². The second kappa shape index (κ2) is 11.0. The number of aromatic nitrogens is 1. The molecule has 178 valence electrons. The highest BCUT2D eigenvalue weighted by Gasteiger charge is 2.17. The quantitative estimate of drug-likeness (QED) is 0.371. The Bertz CT molecular complexity index is 1280. The van der Waals surface area contributed by atoms with Crippen LogP contribution in [0.2, 0.25) is 1.41 Å². The third-order valence-corrected chi connectivity index (χ3v) is 5.94. The second-order valence-electron chi connectivity index (χ2n) is 8.37. The molecule has 1 aliphatic rings. The Morgan fingerprint density at radius 2 is 1.49 bits per heavy atom. The Hall–Kier alpha value is -3.90. The SMILES string of the molecule is [2H]N1CCN(c2ccc(-c3ccc(OCc4ccccc4)nc3OCc3ccccc3)cc2F)CC1. The fourth-order valence-electron chi connectivity index (χ4n) is 4.07. The number of benzene rings is 3. The lowest BCUT2D eigenvalue weighted by Crippen LogP contribution is -2.43. The number of rotatable bonds is 8. The maximum Gasteiger partial charge on any atom is 0.225 e. The van der Waals surface area contributed by atoms with Gasteiger partial charge in [0.2, 0.25) is 11.8 Å². The summed E-state index contributed by atoms with van der Waals surface area (Å²) in [5.41, 5.74) is 3.98. The molecule has 2 heterocycles. The van der Waals surface area contributed by atoms with Gasteiger partial charge in [-0.3, -0.25) is 0 Å². The van der Waals surface area contributed by atoms with Crippen molar-refractivity contribution in [2.45, 2.75) is 13.2 Å². The Morgan fingerprint density at radius 3 is 2.14 bits per heavy atom. The fourth-order valence-corrected chi connectivity index (χ4v) is 4.07. The van der Waals surface area contributed by atoms with Gasteiger partial charge >= 0.3 is 0 Å². The highest BCUT2D eigenvalue weighted by atomic mass is 19.1. The lowest BCUT2D eigenvalue weighted by Gasteiger charge is -2.29. The molecule has 1 N–H and O–H groups in total. The molecule has 0 unspecified atom stereocenters. The van der Waals surface area contributed by atoms with E-state index >= 15 is 4.39 Å². The van der Waals surface area contributed by atoms with Crippen LogP contribution in [0.5, 0.6) is 11.8 Å². The van der Waals surface area contributed by atoms with Gasteiger partial charge in [0.15, 0.2) is 0 Å². The number of hydrogen-bond acceptors (Lipinski definition) is 5. The van der Waals surface area contributed by atoms with Gasteiger partial charge in [0.05, 0.1) is 5.69 Å². The molecular weight excluding hydrogens is 441 g/mol. The standard InChI is InChI=1S/C29H28FN3O2/c30-26-19-24(11-13-27(26)33-17-15-31-16-18-33)25-12-14-28(34-20-22-7-3-1-4-8-22)32-29(25)35-21-23-9-5-2-6-10-23/h1-14,19,31H,15-18,20-21H2/i/hD. The third kappa shape index (κ3) is 5.78. The van der Waals surface area contributed by atoms with E-state index in [1.165, 1.54) is 11.4 Å². The lowest BCUT2D eigenvalue weighted by molar-refractivity contribution is 0.268. The summed E-state index contributed by atoms with van der Waals surface area (Å²) in [4.78, 5) is 6.61.